The minimum absolute atomic E-state index is 0.993. The van der Waals surface area contributed by atoms with E-state index in [9.17, 15) is 0 Å². The van der Waals surface area contributed by atoms with Crippen LogP contribution < -0.4 is 9.91 Å². The predicted molar refractivity (Wildman–Crippen MR) is 156 cm³/mol. The number of hydrogen-bond acceptors (Lipinski definition) is 3. The summed E-state index contributed by atoms with van der Waals surface area (Å²) in [6.45, 7) is 6.43. The van der Waals surface area contributed by atoms with Crippen molar-refractivity contribution >= 4 is 55.6 Å². The maximum atomic E-state index is 4.99. The monoisotopic (exact) mass is 467 g/mol. The van der Waals surface area contributed by atoms with Gasteiger partial charge >= 0.3 is 0 Å². The van der Waals surface area contributed by atoms with E-state index in [1.807, 2.05) is 47.6 Å². The Bertz CT molecular complexity index is 1610. The average molecular weight is 468 g/mol. The highest BCUT2D eigenvalue weighted by Gasteiger charge is 2.15. The fraction of sp³-hybridized carbons (Fsp3) is 0.121. The zero-order chi connectivity index (χ0) is 24.5. The molecule has 0 aliphatic heterocycles. The van der Waals surface area contributed by atoms with E-state index in [1.165, 1.54) is 38.0 Å². The molecule has 0 spiro atoms. The van der Waals surface area contributed by atoms with Crippen LogP contribution in [0.5, 0.6) is 0 Å². The maximum Gasteiger partial charge on any atom is 0.0652 e. The van der Waals surface area contributed by atoms with Gasteiger partial charge in [0.05, 0.1) is 17.6 Å². The number of hydrogen-bond donors (Lipinski definition) is 0. The highest BCUT2D eigenvalue weighted by Crippen LogP contribution is 2.39. The first kappa shape index (κ1) is 22.1. The van der Waals surface area contributed by atoms with Crippen molar-refractivity contribution in [3.63, 3.8) is 0 Å². The Labute approximate surface area is 212 Å². The molecule has 176 valence electrons. The van der Waals surface area contributed by atoms with Gasteiger partial charge in [-0.25, -0.2) is 5.01 Å². The first-order valence-electron chi connectivity index (χ1n) is 12.7. The van der Waals surface area contributed by atoms with Crippen LogP contribution >= 0.6 is 0 Å². The molecule has 0 aliphatic carbocycles. The lowest BCUT2D eigenvalue weighted by Gasteiger charge is -2.24. The summed E-state index contributed by atoms with van der Waals surface area (Å²) in [4.78, 5) is 2.44. The van der Waals surface area contributed by atoms with Gasteiger partial charge in [0.25, 0.3) is 0 Å². The molecule has 0 unspecified atom stereocenters. The second-order valence-electron chi connectivity index (χ2n) is 9.06. The number of benzene rings is 6. The molecule has 3 nitrogen and oxygen atoms in total. The van der Waals surface area contributed by atoms with Crippen molar-refractivity contribution in [2.75, 3.05) is 23.0 Å². The Hall–Kier alpha value is -4.37. The van der Waals surface area contributed by atoms with Gasteiger partial charge < -0.3 is 4.90 Å². The maximum absolute atomic E-state index is 4.99. The molecule has 6 aromatic carbocycles. The topological polar surface area (TPSA) is 18.8 Å². The third-order valence-electron chi connectivity index (χ3n) is 7.09. The fourth-order valence-corrected chi connectivity index (χ4v) is 5.30. The molecule has 0 aliphatic rings. The number of anilines is 3. The van der Waals surface area contributed by atoms with Crippen LogP contribution in [0.15, 0.2) is 114 Å². The summed E-state index contributed by atoms with van der Waals surface area (Å²) in [7, 11) is 0. The van der Waals surface area contributed by atoms with Gasteiger partial charge in [0.15, 0.2) is 0 Å². The standard InChI is InChI=1S/C33H29N3/c1-3-35(4-2)31-22-19-25-17-20-29-26(16-15-24-18-21-30(31)33(25)32(24)29)23-34-36(27-11-7-5-8-12-27)28-13-9-6-10-14-28/h5-23H,3-4H2,1-2H3/b34-23+. The third kappa shape index (κ3) is 3.74. The molecule has 36 heavy (non-hydrogen) atoms. The van der Waals surface area contributed by atoms with E-state index in [0.29, 0.717) is 0 Å². The average Bonchev–Trinajstić information content (AvgIpc) is 2.94. The second-order valence-corrected chi connectivity index (χ2v) is 9.06. The molecule has 0 radical (unpaired) electrons. The van der Waals surface area contributed by atoms with E-state index in [0.717, 1.165) is 30.0 Å². The van der Waals surface area contributed by atoms with Crippen LogP contribution in [0, 0.1) is 0 Å². The summed E-state index contributed by atoms with van der Waals surface area (Å²) in [5.41, 5.74) is 4.48. The van der Waals surface area contributed by atoms with Gasteiger partial charge in [0.2, 0.25) is 0 Å². The lowest BCUT2D eigenvalue weighted by molar-refractivity contribution is 0.871. The van der Waals surface area contributed by atoms with E-state index in [1.54, 1.807) is 0 Å². The Kier molecular flexibility index (Phi) is 5.74. The summed E-state index contributed by atoms with van der Waals surface area (Å²) in [6, 6.07) is 38.6. The minimum Gasteiger partial charge on any atom is -0.372 e. The number of nitrogens with zero attached hydrogens (tertiary/aromatic N) is 3. The van der Waals surface area contributed by atoms with Crippen LogP contribution in [-0.4, -0.2) is 19.3 Å². The van der Waals surface area contributed by atoms with Crippen LogP contribution in [0.2, 0.25) is 0 Å². The first-order chi connectivity index (χ1) is 17.8. The molecule has 0 N–H and O–H groups in total. The molecular formula is C33H29N3. The molecule has 6 aromatic rings. The molecule has 0 aromatic heterocycles. The van der Waals surface area contributed by atoms with Crippen LogP contribution in [0.3, 0.4) is 0 Å². The largest absolute Gasteiger partial charge is 0.372 e. The Morgan fingerprint density at radius 2 is 1.11 bits per heavy atom. The highest BCUT2D eigenvalue weighted by molar-refractivity contribution is 6.27. The van der Waals surface area contributed by atoms with Crippen molar-refractivity contribution in [2.24, 2.45) is 5.10 Å². The van der Waals surface area contributed by atoms with E-state index < -0.39 is 0 Å². The van der Waals surface area contributed by atoms with E-state index in [-0.39, 0.29) is 0 Å². The van der Waals surface area contributed by atoms with Gasteiger partial charge in [-0.15, -0.1) is 0 Å². The van der Waals surface area contributed by atoms with Gasteiger partial charge in [0.1, 0.15) is 0 Å². The molecular weight excluding hydrogens is 438 g/mol. The Balaban J connectivity index is 1.53. The highest BCUT2D eigenvalue weighted by atomic mass is 15.5. The van der Waals surface area contributed by atoms with Gasteiger partial charge in [0, 0.05) is 29.7 Å². The molecule has 0 bridgehead atoms. The fourth-order valence-electron chi connectivity index (χ4n) is 5.30. The summed E-state index contributed by atoms with van der Waals surface area (Å²) < 4.78 is 0. The molecule has 0 saturated heterocycles. The summed E-state index contributed by atoms with van der Waals surface area (Å²) in [5, 5.41) is 14.7. The summed E-state index contributed by atoms with van der Waals surface area (Å²) >= 11 is 0. The molecule has 0 fully saturated rings. The van der Waals surface area contributed by atoms with Crippen molar-refractivity contribution in [2.45, 2.75) is 13.8 Å². The number of para-hydroxylation sites is 2. The Morgan fingerprint density at radius 1 is 0.583 bits per heavy atom. The van der Waals surface area contributed by atoms with Crippen molar-refractivity contribution in [3.05, 3.63) is 115 Å². The second kappa shape index (κ2) is 9.35. The van der Waals surface area contributed by atoms with Gasteiger partial charge in [-0.2, -0.15) is 5.10 Å². The lowest BCUT2D eigenvalue weighted by Crippen LogP contribution is -2.21. The van der Waals surface area contributed by atoms with Crippen molar-refractivity contribution in [3.8, 4) is 0 Å². The van der Waals surface area contributed by atoms with Gasteiger partial charge in [-0.05, 0) is 71.1 Å². The van der Waals surface area contributed by atoms with Crippen LogP contribution in [-0.2, 0) is 0 Å². The molecule has 3 heteroatoms. The Morgan fingerprint density at radius 3 is 1.72 bits per heavy atom. The molecule has 6 rings (SSSR count). The van der Waals surface area contributed by atoms with E-state index in [2.05, 4.69) is 91.5 Å². The summed E-state index contributed by atoms with van der Waals surface area (Å²) in [5.74, 6) is 0. The van der Waals surface area contributed by atoms with Crippen molar-refractivity contribution in [1.29, 1.82) is 0 Å². The van der Waals surface area contributed by atoms with Crippen molar-refractivity contribution in [1.82, 2.24) is 0 Å². The van der Waals surface area contributed by atoms with Crippen LogP contribution in [0.4, 0.5) is 17.1 Å². The SMILES string of the molecule is CCN(CC)c1ccc2ccc3c(/C=N/N(c4ccccc4)c4ccccc4)ccc4ccc1c2c43. The van der Waals surface area contributed by atoms with E-state index in [4.69, 9.17) is 5.10 Å². The van der Waals surface area contributed by atoms with Crippen LogP contribution in [0.1, 0.15) is 19.4 Å². The zero-order valence-electron chi connectivity index (χ0n) is 20.7. The number of rotatable bonds is 7. The normalized spacial score (nSPS) is 11.7. The van der Waals surface area contributed by atoms with Crippen molar-refractivity contribution < 1.29 is 0 Å². The first-order valence-corrected chi connectivity index (χ1v) is 12.7. The number of hydrazone groups is 1. The molecule has 0 saturated carbocycles. The predicted octanol–water partition coefficient (Wildman–Crippen LogP) is 8.60. The smallest absolute Gasteiger partial charge is 0.0652 e. The summed E-state index contributed by atoms with van der Waals surface area (Å²) in [6.07, 6.45) is 2.00. The molecule has 0 amide bonds. The van der Waals surface area contributed by atoms with Gasteiger partial charge in [-0.3, -0.25) is 0 Å². The van der Waals surface area contributed by atoms with Gasteiger partial charge in [-0.1, -0.05) is 78.9 Å². The molecule has 0 atom stereocenters. The van der Waals surface area contributed by atoms with Crippen LogP contribution in [0.25, 0.3) is 32.3 Å². The zero-order valence-corrected chi connectivity index (χ0v) is 20.7. The lowest BCUT2D eigenvalue weighted by atomic mass is 9.91. The van der Waals surface area contributed by atoms with E-state index >= 15 is 0 Å². The minimum atomic E-state index is 0.993. The third-order valence-corrected chi connectivity index (χ3v) is 7.09. The quantitative estimate of drug-likeness (QED) is 0.133. The molecule has 0 heterocycles.